The first kappa shape index (κ1) is 8.54. The van der Waals surface area contributed by atoms with E-state index in [9.17, 15) is 5.11 Å². The van der Waals surface area contributed by atoms with E-state index in [1.165, 1.54) is 22.3 Å². The number of hydrogen-bond donors (Lipinski definition) is 1. The molecule has 0 radical (unpaired) electrons. The summed E-state index contributed by atoms with van der Waals surface area (Å²) in [5, 5.41) is 9.44. The van der Waals surface area contributed by atoms with Crippen molar-refractivity contribution in [2.45, 2.75) is 12.8 Å². The first-order valence-corrected chi connectivity index (χ1v) is 5.20. The standard InChI is InChI=1S/C14H12O/c15-14-6-5-12-7-10-3-1-2-4-11(10)8-13(12)9-14/h1-6,9,15H,7-8H2. The van der Waals surface area contributed by atoms with E-state index < -0.39 is 0 Å². The van der Waals surface area contributed by atoms with Gasteiger partial charge in [0, 0.05) is 0 Å². The van der Waals surface area contributed by atoms with Crippen molar-refractivity contribution >= 4 is 0 Å². The molecule has 1 nitrogen and oxygen atoms in total. The number of rotatable bonds is 0. The second-order valence-electron chi connectivity index (χ2n) is 4.08. The third-order valence-electron chi connectivity index (χ3n) is 3.07. The summed E-state index contributed by atoms with van der Waals surface area (Å²) in [7, 11) is 0. The Balaban J connectivity index is 2.11. The first-order chi connectivity index (χ1) is 7.33. The molecular weight excluding hydrogens is 184 g/mol. The molecule has 3 rings (SSSR count). The van der Waals surface area contributed by atoms with Crippen LogP contribution in [-0.2, 0) is 12.8 Å². The molecule has 0 fully saturated rings. The molecular formula is C14H12O. The van der Waals surface area contributed by atoms with Crippen LogP contribution in [0, 0.1) is 0 Å². The van der Waals surface area contributed by atoms with Gasteiger partial charge in [-0.1, -0.05) is 30.3 Å². The Morgan fingerprint density at radius 2 is 1.33 bits per heavy atom. The van der Waals surface area contributed by atoms with Crippen molar-refractivity contribution < 1.29 is 5.11 Å². The van der Waals surface area contributed by atoms with Crippen LogP contribution in [0.25, 0.3) is 0 Å². The number of benzene rings is 2. The Hall–Kier alpha value is -1.76. The Morgan fingerprint density at radius 1 is 0.733 bits per heavy atom. The molecule has 0 unspecified atom stereocenters. The molecule has 0 aromatic heterocycles. The second kappa shape index (κ2) is 3.13. The lowest BCUT2D eigenvalue weighted by atomic mass is 9.86. The number of aromatic hydroxyl groups is 1. The van der Waals surface area contributed by atoms with Crippen LogP contribution >= 0.6 is 0 Å². The van der Waals surface area contributed by atoms with Gasteiger partial charge in [-0.15, -0.1) is 0 Å². The van der Waals surface area contributed by atoms with Crippen LogP contribution in [0.4, 0.5) is 0 Å². The topological polar surface area (TPSA) is 20.2 Å². The maximum absolute atomic E-state index is 9.44. The van der Waals surface area contributed by atoms with Gasteiger partial charge in [0.2, 0.25) is 0 Å². The highest BCUT2D eigenvalue weighted by Gasteiger charge is 2.14. The van der Waals surface area contributed by atoms with Gasteiger partial charge in [0.15, 0.2) is 0 Å². The monoisotopic (exact) mass is 196 g/mol. The van der Waals surface area contributed by atoms with Gasteiger partial charge in [-0.05, 0) is 47.2 Å². The summed E-state index contributed by atoms with van der Waals surface area (Å²) in [5.41, 5.74) is 5.39. The third kappa shape index (κ3) is 1.40. The predicted molar refractivity (Wildman–Crippen MR) is 60.2 cm³/mol. The maximum atomic E-state index is 9.44. The van der Waals surface area contributed by atoms with E-state index in [0.717, 1.165) is 12.8 Å². The minimum absolute atomic E-state index is 0.369. The fourth-order valence-electron chi connectivity index (χ4n) is 2.26. The van der Waals surface area contributed by atoms with E-state index in [4.69, 9.17) is 0 Å². The smallest absolute Gasteiger partial charge is 0.115 e. The van der Waals surface area contributed by atoms with Crippen molar-refractivity contribution in [3.05, 3.63) is 64.7 Å². The molecule has 0 amide bonds. The van der Waals surface area contributed by atoms with Crippen molar-refractivity contribution in [1.82, 2.24) is 0 Å². The second-order valence-corrected chi connectivity index (χ2v) is 4.08. The summed E-state index contributed by atoms with van der Waals surface area (Å²) in [6, 6.07) is 14.2. The molecule has 15 heavy (non-hydrogen) atoms. The van der Waals surface area contributed by atoms with Crippen LogP contribution in [0.1, 0.15) is 22.3 Å². The van der Waals surface area contributed by atoms with Crippen molar-refractivity contribution in [1.29, 1.82) is 0 Å². The van der Waals surface area contributed by atoms with Crippen molar-refractivity contribution in [3.63, 3.8) is 0 Å². The highest BCUT2D eigenvalue weighted by molar-refractivity contribution is 5.47. The molecule has 0 heterocycles. The van der Waals surface area contributed by atoms with E-state index in [1.54, 1.807) is 6.07 Å². The van der Waals surface area contributed by atoms with Crippen LogP contribution in [0.15, 0.2) is 42.5 Å². The quantitative estimate of drug-likeness (QED) is 0.586. The number of fused-ring (bicyclic) bond motifs is 2. The van der Waals surface area contributed by atoms with Crippen LogP contribution in [0.3, 0.4) is 0 Å². The Bertz CT molecular complexity index is 514. The molecule has 74 valence electrons. The highest BCUT2D eigenvalue weighted by Crippen LogP contribution is 2.28. The summed E-state index contributed by atoms with van der Waals surface area (Å²) in [5.74, 6) is 0.369. The van der Waals surface area contributed by atoms with Crippen LogP contribution < -0.4 is 0 Å². The van der Waals surface area contributed by atoms with Gasteiger partial charge in [0.25, 0.3) is 0 Å². The third-order valence-corrected chi connectivity index (χ3v) is 3.07. The summed E-state index contributed by atoms with van der Waals surface area (Å²) in [6.07, 6.45) is 1.94. The molecule has 0 aliphatic heterocycles. The molecule has 1 aliphatic carbocycles. The van der Waals surface area contributed by atoms with Crippen LogP contribution in [-0.4, -0.2) is 5.11 Å². The Labute approximate surface area is 89.0 Å². The summed E-state index contributed by atoms with van der Waals surface area (Å²) in [4.78, 5) is 0. The number of hydrogen-bond acceptors (Lipinski definition) is 1. The molecule has 1 N–H and O–H groups in total. The summed E-state index contributed by atoms with van der Waals surface area (Å²) < 4.78 is 0. The van der Waals surface area contributed by atoms with E-state index in [0.29, 0.717) is 5.75 Å². The lowest BCUT2D eigenvalue weighted by molar-refractivity contribution is 0.474. The molecule has 0 saturated carbocycles. The van der Waals surface area contributed by atoms with E-state index in [1.807, 2.05) is 12.1 Å². The van der Waals surface area contributed by atoms with Crippen LogP contribution in [0.2, 0.25) is 0 Å². The lowest BCUT2D eigenvalue weighted by Crippen LogP contribution is -2.06. The molecule has 0 atom stereocenters. The molecule has 0 saturated heterocycles. The molecule has 2 aromatic rings. The van der Waals surface area contributed by atoms with E-state index in [-0.39, 0.29) is 0 Å². The highest BCUT2D eigenvalue weighted by atomic mass is 16.3. The van der Waals surface area contributed by atoms with E-state index in [2.05, 4.69) is 24.3 Å². The number of phenols is 1. The molecule has 0 bridgehead atoms. The maximum Gasteiger partial charge on any atom is 0.115 e. The van der Waals surface area contributed by atoms with Gasteiger partial charge in [0.05, 0.1) is 0 Å². The summed E-state index contributed by atoms with van der Waals surface area (Å²) >= 11 is 0. The predicted octanol–water partition coefficient (Wildman–Crippen LogP) is 2.89. The van der Waals surface area contributed by atoms with Gasteiger partial charge < -0.3 is 5.11 Å². The summed E-state index contributed by atoms with van der Waals surface area (Å²) in [6.45, 7) is 0. The normalized spacial score (nSPS) is 13.1. The van der Waals surface area contributed by atoms with Crippen LogP contribution in [0.5, 0.6) is 5.75 Å². The van der Waals surface area contributed by atoms with Crippen molar-refractivity contribution in [3.8, 4) is 5.75 Å². The fourth-order valence-corrected chi connectivity index (χ4v) is 2.26. The molecule has 2 aromatic carbocycles. The zero-order valence-electron chi connectivity index (χ0n) is 8.40. The van der Waals surface area contributed by atoms with Crippen molar-refractivity contribution in [2.24, 2.45) is 0 Å². The molecule has 1 aliphatic rings. The van der Waals surface area contributed by atoms with Gasteiger partial charge in [0.1, 0.15) is 5.75 Å². The van der Waals surface area contributed by atoms with Gasteiger partial charge in [-0.3, -0.25) is 0 Å². The van der Waals surface area contributed by atoms with Gasteiger partial charge in [-0.2, -0.15) is 0 Å². The zero-order valence-corrected chi connectivity index (χ0v) is 8.40. The largest absolute Gasteiger partial charge is 0.508 e. The van der Waals surface area contributed by atoms with Gasteiger partial charge in [-0.25, -0.2) is 0 Å². The lowest BCUT2D eigenvalue weighted by Gasteiger charge is -2.19. The van der Waals surface area contributed by atoms with Gasteiger partial charge >= 0.3 is 0 Å². The first-order valence-electron chi connectivity index (χ1n) is 5.20. The average molecular weight is 196 g/mol. The van der Waals surface area contributed by atoms with Crippen molar-refractivity contribution in [2.75, 3.05) is 0 Å². The number of phenolic OH excluding ortho intramolecular Hbond substituents is 1. The van der Waals surface area contributed by atoms with E-state index >= 15 is 0 Å². The molecule has 1 heteroatoms. The molecule has 0 spiro atoms. The average Bonchev–Trinajstić information content (AvgIpc) is 2.26. The fraction of sp³-hybridized carbons (Fsp3) is 0.143. The zero-order chi connectivity index (χ0) is 10.3. The Kier molecular flexibility index (Phi) is 1.78. The Morgan fingerprint density at radius 3 is 2.07 bits per heavy atom. The SMILES string of the molecule is Oc1ccc2c(c1)Cc1ccccc1C2. The minimum atomic E-state index is 0.369. The minimum Gasteiger partial charge on any atom is -0.508 e.